The molecular weight excluding hydrogens is 258 g/mol. The number of ether oxygens (including phenoxy) is 1. The molecule has 1 aromatic carbocycles. The maximum absolute atomic E-state index is 8.91. The molecule has 0 bridgehead atoms. The molecule has 1 heterocycles. The standard InChI is InChI=1S/C12H12ClNO2S/c13-9-1-3-10(4-2-9)16-6-5-12-14-7-11(8-15)17-12/h1-4,7,15H,5-6,8H2. The first kappa shape index (κ1) is 12.4. The van der Waals surface area contributed by atoms with E-state index in [1.807, 2.05) is 12.1 Å². The van der Waals surface area contributed by atoms with E-state index in [1.54, 1.807) is 18.3 Å². The van der Waals surface area contributed by atoms with Crippen molar-refractivity contribution < 1.29 is 9.84 Å². The first-order valence-electron chi connectivity index (χ1n) is 5.21. The van der Waals surface area contributed by atoms with Crippen molar-refractivity contribution in [3.63, 3.8) is 0 Å². The molecule has 0 aliphatic rings. The Bertz CT molecular complexity index is 470. The summed E-state index contributed by atoms with van der Waals surface area (Å²) in [5.41, 5.74) is 0. The van der Waals surface area contributed by atoms with Gasteiger partial charge in [-0.1, -0.05) is 11.6 Å². The van der Waals surface area contributed by atoms with Crippen LogP contribution in [0.3, 0.4) is 0 Å². The van der Waals surface area contributed by atoms with Gasteiger partial charge in [0.2, 0.25) is 0 Å². The molecule has 0 saturated carbocycles. The smallest absolute Gasteiger partial charge is 0.119 e. The van der Waals surface area contributed by atoms with Gasteiger partial charge in [0.25, 0.3) is 0 Å². The highest BCUT2D eigenvalue weighted by Crippen LogP contribution is 2.17. The maximum Gasteiger partial charge on any atom is 0.119 e. The van der Waals surface area contributed by atoms with E-state index in [4.69, 9.17) is 21.4 Å². The highest BCUT2D eigenvalue weighted by atomic mass is 35.5. The number of hydrogen-bond donors (Lipinski definition) is 1. The van der Waals surface area contributed by atoms with Crippen molar-refractivity contribution >= 4 is 22.9 Å². The lowest BCUT2D eigenvalue weighted by Crippen LogP contribution is -2.00. The first-order valence-corrected chi connectivity index (χ1v) is 6.40. The van der Waals surface area contributed by atoms with Gasteiger partial charge in [-0.3, -0.25) is 0 Å². The highest BCUT2D eigenvalue weighted by Gasteiger charge is 2.01. The summed E-state index contributed by atoms with van der Waals surface area (Å²) < 4.78 is 5.55. The Hall–Kier alpha value is -1.10. The van der Waals surface area contributed by atoms with Crippen LogP contribution >= 0.6 is 22.9 Å². The molecule has 3 nitrogen and oxygen atoms in total. The number of hydrogen-bond acceptors (Lipinski definition) is 4. The highest BCUT2D eigenvalue weighted by molar-refractivity contribution is 7.11. The van der Waals surface area contributed by atoms with Crippen molar-refractivity contribution in [2.45, 2.75) is 13.0 Å². The number of rotatable bonds is 5. The second kappa shape index (κ2) is 6.00. The monoisotopic (exact) mass is 269 g/mol. The van der Waals surface area contributed by atoms with Crippen molar-refractivity contribution in [3.8, 4) is 5.75 Å². The Kier molecular flexibility index (Phi) is 4.36. The van der Waals surface area contributed by atoms with E-state index in [1.165, 1.54) is 11.3 Å². The average Bonchev–Trinajstić information content (AvgIpc) is 2.80. The zero-order valence-corrected chi connectivity index (χ0v) is 10.7. The Labute approximate surface area is 109 Å². The Morgan fingerprint density at radius 2 is 2.06 bits per heavy atom. The van der Waals surface area contributed by atoms with Crippen LogP contribution in [0.1, 0.15) is 9.88 Å². The van der Waals surface area contributed by atoms with Crippen molar-refractivity contribution in [1.29, 1.82) is 0 Å². The van der Waals surface area contributed by atoms with Crippen LogP contribution in [0.4, 0.5) is 0 Å². The van der Waals surface area contributed by atoms with Gasteiger partial charge in [-0.25, -0.2) is 4.98 Å². The van der Waals surface area contributed by atoms with Gasteiger partial charge in [0, 0.05) is 17.6 Å². The molecule has 1 N–H and O–H groups in total. The zero-order chi connectivity index (χ0) is 12.1. The van der Waals surface area contributed by atoms with Crippen LogP contribution in [0.2, 0.25) is 5.02 Å². The predicted octanol–water partition coefficient (Wildman–Crippen LogP) is 2.91. The SMILES string of the molecule is OCc1cnc(CCOc2ccc(Cl)cc2)s1. The normalized spacial score (nSPS) is 10.5. The van der Waals surface area contributed by atoms with E-state index in [2.05, 4.69) is 4.98 Å². The quantitative estimate of drug-likeness (QED) is 0.908. The molecule has 0 aliphatic carbocycles. The molecular formula is C12H12ClNO2S. The average molecular weight is 270 g/mol. The molecule has 90 valence electrons. The summed E-state index contributed by atoms with van der Waals surface area (Å²) in [5.74, 6) is 0.799. The molecule has 0 saturated heterocycles. The third-order valence-electron chi connectivity index (χ3n) is 2.16. The zero-order valence-electron chi connectivity index (χ0n) is 9.10. The molecule has 0 aliphatic heterocycles. The Balaban J connectivity index is 1.81. The van der Waals surface area contributed by atoms with Crippen molar-refractivity contribution in [3.05, 3.63) is 45.4 Å². The topological polar surface area (TPSA) is 42.4 Å². The van der Waals surface area contributed by atoms with Gasteiger partial charge in [-0.2, -0.15) is 0 Å². The number of aliphatic hydroxyl groups excluding tert-OH is 1. The summed E-state index contributed by atoms with van der Waals surface area (Å²) in [4.78, 5) is 5.07. The fourth-order valence-electron chi connectivity index (χ4n) is 1.32. The summed E-state index contributed by atoms with van der Waals surface area (Å²) >= 11 is 7.28. The maximum atomic E-state index is 8.91. The second-order valence-corrected chi connectivity index (χ2v) is 5.07. The molecule has 17 heavy (non-hydrogen) atoms. The summed E-state index contributed by atoms with van der Waals surface area (Å²) in [6, 6.07) is 7.26. The lowest BCUT2D eigenvalue weighted by atomic mass is 10.3. The lowest BCUT2D eigenvalue weighted by molar-refractivity contribution is 0.285. The number of aromatic nitrogens is 1. The van der Waals surface area contributed by atoms with E-state index in [0.29, 0.717) is 11.6 Å². The van der Waals surface area contributed by atoms with E-state index in [0.717, 1.165) is 22.1 Å². The van der Waals surface area contributed by atoms with E-state index in [-0.39, 0.29) is 6.61 Å². The number of thiazole rings is 1. The molecule has 5 heteroatoms. The third-order valence-corrected chi connectivity index (χ3v) is 3.45. The number of nitrogens with zero attached hydrogens (tertiary/aromatic N) is 1. The summed E-state index contributed by atoms with van der Waals surface area (Å²) in [7, 11) is 0. The minimum atomic E-state index is 0.0513. The van der Waals surface area contributed by atoms with Crippen LogP contribution in [0.25, 0.3) is 0 Å². The van der Waals surface area contributed by atoms with E-state index < -0.39 is 0 Å². The predicted molar refractivity (Wildman–Crippen MR) is 68.7 cm³/mol. The van der Waals surface area contributed by atoms with Gasteiger partial charge >= 0.3 is 0 Å². The Morgan fingerprint density at radius 1 is 1.29 bits per heavy atom. The van der Waals surface area contributed by atoms with Gasteiger partial charge in [0.15, 0.2) is 0 Å². The van der Waals surface area contributed by atoms with Gasteiger partial charge < -0.3 is 9.84 Å². The fraction of sp³-hybridized carbons (Fsp3) is 0.250. The van der Waals surface area contributed by atoms with Crippen molar-refractivity contribution in [1.82, 2.24) is 4.98 Å². The van der Waals surface area contributed by atoms with Gasteiger partial charge in [-0.15, -0.1) is 11.3 Å². The molecule has 0 amide bonds. The molecule has 0 unspecified atom stereocenters. The lowest BCUT2D eigenvalue weighted by Gasteiger charge is -2.04. The molecule has 0 atom stereocenters. The summed E-state index contributed by atoms with van der Waals surface area (Å²) in [6.45, 7) is 0.621. The molecule has 0 radical (unpaired) electrons. The van der Waals surface area contributed by atoms with Crippen LogP contribution in [0, 0.1) is 0 Å². The molecule has 2 rings (SSSR count). The van der Waals surface area contributed by atoms with Crippen LogP contribution < -0.4 is 4.74 Å². The molecule has 0 spiro atoms. The number of aliphatic hydroxyl groups is 1. The van der Waals surface area contributed by atoms with E-state index in [9.17, 15) is 0 Å². The van der Waals surface area contributed by atoms with Crippen LogP contribution in [0.15, 0.2) is 30.5 Å². The number of halogens is 1. The van der Waals surface area contributed by atoms with Gasteiger partial charge in [0.1, 0.15) is 5.75 Å². The third kappa shape index (κ3) is 3.70. The van der Waals surface area contributed by atoms with Crippen LogP contribution in [0.5, 0.6) is 5.75 Å². The van der Waals surface area contributed by atoms with Crippen LogP contribution in [-0.4, -0.2) is 16.7 Å². The number of benzene rings is 1. The Morgan fingerprint density at radius 3 is 2.71 bits per heavy atom. The van der Waals surface area contributed by atoms with Gasteiger partial charge in [-0.05, 0) is 24.3 Å². The minimum absolute atomic E-state index is 0.0513. The van der Waals surface area contributed by atoms with Crippen LogP contribution in [-0.2, 0) is 13.0 Å². The molecule has 0 fully saturated rings. The fourth-order valence-corrected chi connectivity index (χ4v) is 2.21. The summed E-state index contributed by atoms with van der Waals surface area (Å²) in [6.07, 6.45) is 2.44. The van der Waals surface area contributed by atoms with E-state index >= 15 is 0 Å². The first-order chi connectivity index (χ1) is 8.28. The molecule has 2 aromatic rings. The minimum Gasteiger partial charge on any atom is -0.493 e. The van der Waals surface area contributed by atoms with Crippen molar-refractivity contribution in [2.75, 3.05) is 6.61 Å². The van der Waals surface area contributed by atoms with Crippen molar-refractivity contribution in [2.24, 2.45) is 0 Å². The second-order valence-electron chi connectivity index (χ2n) is 3.43. The van der Waals surface area contributed by atoms with Gasteiger partial charge in [0.05, 0.1) is 23.1 Å². The molecule has 1 aromatic heterocycles. The largest absolute Gasteiger partial charge is 0.493 e. The summed E-state index contributed by atoms with van der Waals surface area (Å²) in [5, 5.41) is 10.6.